The van der Waals surface area contributed by atoms with Crippen molar-refractivity contribution in [2.24, 2.45) is 17.8 Å². The second kappa shape index (κ2) is 11.8. The fourth-order valence-corrected chi connectivity index (χ4v) is 6.48. The maximum atomic E-state index is 14.5. The second-order valence-corrected chi connectivity index (χ2v) is 12.6. The predicted octanol–water partition coefficient (Wildman–Crippen LogP) is 1.36. The highest BCUT2D eigenvalue weighted by Gasteiger charge is 2.51. The van der Waals surface area contributed by atoms with Crippen molar-refractivity contribution in [2.75, 3.05) is 19.3 Å². The third-order valence-corrected chi connectivity index (χ3v) is 8.73. The Labute approximate surface area is 227 Å². The molecule has 1 aromatic rings. The molecule has 1 saturated carbocycles. The molecule has 0 radical (unpaired) electrons. The molecular weight excluding hydrogens is 527 g/mol. The molecule has 2 heterocycles. The molecule has 4 rings (SSSR count). The Kier molecular flexibility index (Phi) is 8.73. The number of likely N-dealkylation sites (tertiary alicyclic amines) is 1. The van der Waals surface area contributed by atoms with Crippen molar-refractivity contribution in [3.05, 3.63) is 47.1 Å². The molecule has 1 aromatic carbocycles. The molecule has 10 nitrogen and oxygen atoms in total. The molecule has 2 aliphatic heterocycles. The first kappa shape index (κ1) is 28.7. The number of benzene rings is 1. The van der Waals surface area contributed by atoms with Crippen molar-refractivity contribution in [3.63, 3.8) is 0 Å². The van der Waals surface area contributed by atoms with Gasteiger partial charge in [0.15, 0.2) is 0 Å². The Morgan fingerprint density at radius 1 is 1.15 bits per heavy atom. The number of sulfone groups is 1. The van der Waals surface area contributed by atoms with E-state index in [9.17, 15) is 32.0 Å². The second-order valence-electron chi connectivity index (χ2n) is 10.7. The van der Waals surface area contributed by atoms with Crippen LogP contribution in [0.4, 0.5) is 4.39 Å². The van der Waals surface area contributed by atoms with Crippen molar-refractivity contribution in [1.82, 2.24) is 20.9 Å². The summed E-state index contributed by atoms with van der Waals surface area (Å²) >= 11 is 0. The predicted molar refractivity (Wildman–Crippen MR) is 141 cm³/mol. The normalized spacial score (nSPS) is 26.5. The molecule has 0 bridgehead atoms. The van der Waals surface area contributed by atoms with E-state index in [1.165, 1.54) is 11.8 Å². The first-order valence-electron chi connectivity index (χ1n) is 13.2. The van der Waals surface area contributed by atoms with E-state index in [1.807, 2.05) is 0 Å². The number of amides is 4. The molecule has 0 unspecified atom stereocenters. The summed E-state index contributed by atoms with van der Waals surface area (Å²) in [5.41, 5.74) is 0.581. The van der Waals surface area contributed by atoms with Crippen LogP contribution in [0, 0.1) is 17.8 Å². The fraction of sp³-hybridized carbons (Fsp3) is 0.556. The van der Waals surface area contributed by atoms with Crippen molar-refractivity contribution in [3.8, 4) is 0 Å². The van der Waals surface area contributed by atoms with Gasteiger partial charge in [-0.1, -0.05) is 36.8 Å². The molecule has 0 spiro atoms. The minimum atomic E-state index is -4.15. The van der Waals surface area contributed by atoms with E-state index in [0.717, 1.165) is 31.6 Å². The van der Waals surface area contributed by atoms with Gasteiger partial charge < -0.3 is 20.9 Å². The van der Waals surface area contributed by atoms with E-state index in [0.29, 0.717) is 25.1 Å². The Morgan fingerprint density at radius 3 is 2.49 bits per heavy atom. The standard InChI is InChI=1S/C27H35FN4O6S/c1-16(33)30-23(17-7-4-3-5-8-17)27(36)32-15-19-9-6-10-21(19)24(32)26(35)31-20(14-22(28)39(2,37)38)13-18-11-12-29-25(18)34/h3-5,7-8,14,18-21,23-24H,6,9-13,15H2,1-2H3,(H,29,34)(H,30,33)(H,31,35)/b22-14+/t18-,19+,20+,21+,23+,24-/m0/s1. The monoisotopic (exact) mass is 562 g/mol. The van der Waals surface area contributed by atoms with Gasteiger partial charge in [0, 0.05) is 32.2 Å². The van der Waals surface area contributed by atoms with E-state index in [4.69, 9.17) is 0 Å². The van der Waals surface area contributed by atoms with Crippen LogP contribution >= 0.6 is 0 Å². The van der Waals surface area contributed by atoms with Crippen LogP contribution in [0.25, 0.3) is 0 Å². The quantitative estimate of drug-likeness (QED) is 0.415. The summed E-state index contributed by atoms with van der Waals surface area (Å²) < 4.78 is 38.1. The Hall–Kier alpha value is -3.28. The van der Waals surface area contributed by atoms with Gasteiger partial charge in [0.2, 0.25) is 32.7 Å². The first-order valence-corrected chi connectivity index (χ1v) is 15.1. The van der Waals surface area contributed by atoms with Crippen LogP contribution in [0.2, 0.25) is 0 Å². The summed E-state index contributed by atoms with van der Waals surface area (Å²) in [5.74, 6) is -2.13. The van der Waals surface area contributed by atoms with Crippen LogP contribution in [0.5, 0.6) is 0 Å². The zero-order chi connectivity index (χ0) is 28.3. The van der Waals surface area contributed by atoms with Gasteiger partial charge in [0.1, 0.15) is 12.1 Å². The van der Waals surface area contributed by atoms with Crippen LogP contribution in [0.15, 0.2) is 41.6 Å². The number of hydrogen-bond donors (Lipinski definition) is 3. The van der Waals surface area contributed by atoms with Gasteiger partial charge in [0.25, 0.3) is 5.91 Å². The molecule has 39 heavy (non-hydrogen) atoms. The molecule has 2 saturated heterocycles. The Bertz CT molecular complexity index is 1250. The number of halogens is 1. The Morgan fingerprint density at radius 2 is 1.87 bits per heavy atom. The summed E-state index contributed by atoms with van der Waals surface area (Å²) in [4.78, 5) is 53.3. The summed E-state index contributed by atoms with van der Waals surface area (Å²) in [6.45, 7) is 2.10. The van der Waals surface area contributed by atoms with Gasteiger partial charge in [-0.05, 0) is 49.2 Å². The molecule has 3 N–H and O–H groups in total. The largest absolute Gasteiger partial charge is 0.356 e. The summed E-state index contributed by atoms with van der Waals surface area (Å²) in [6.07, 6.45) is 4.54. The molecule has 4 amide bonds. The lowest BCUT2D eigenvalue weighted by Gasteiger charge is -2.32. The lowest BCUT2D eigenvalue weighted by atomic mass is 9.92. The van der Waals surface area contributed by atoms with E-state index < -0.39 is 56.8 Å². The van der Waals surface area contributed by atoms with E-state index in [2.05, 4.69) is 16.0 Å². The maximum absolute atomic E-state index is 14.5. The lowest BCUT2D eigenvalue weighted by molar-refractivity contribution is -0.142. The van der Waals surface area contributed by atoms with Crippen LogP contribution in [-0.4, -0.2) is 68.4 Å². The zero-order valence-electron chi connectivity index (χ0n) is 22.1. The highest BCUT2D eigenvalue weighted by Crippen LogP contribution is 2.43. The van der Waals surface area contributed by atoms with E-state index in [-0.39, 0.29) is 24.2 Å². The third-order valence-electron chi connectivity index (χ3n) is 7.88. The van der Waals surface area contributed by atoms with Gasteiger partial charge in [-0.3, -0.25) is 19.2 Å². The molecule has 1 aliphatic carbocycles. The molecule has 0 aromatic heterocycles. The number of fused-ring (bicyclic) bond motifs is 1. The molecule has 12 heteroatoms. The Balaban J connectivity index is 1.62. The van der Waals surface area contributed by atoms with Crippen molar-refractivity contribution in [2.45, 2.75) is 57.2 Å². The number of rotatable bonds is 9. The number of carbonyl (C=O) groups excluding carboxylic acids is 4. The summed E-state index contributed by atoms with van der Waals surface area (Å²) in [7, 11) is -4.15. The summed E-state index contributed by atoms with van der Waals surface area (Å²) in [6, 6.07) is 5.83. The molecule has 6 atom stereocenters. The number of carbonyl (C=O) groups is 4. The topological polar surface area (TPSA) is 142 Å². The van der Waals surface area contributed by atoms with Crippen molar-refractivity contribution in [1.29, 1.82) is 0 Å². The average Bonchev–Trinajstić information content (AvgIpc) is 3.58. The van der Waals surface area contributed by atoms with Gasteiger partial charge in [-0.2, -0.15) is 4.39 Å². The first-order chi connectivity index (χ1) is 18.5. The summed E-state index contributed by atoms with van der Waals surface area (Å²) in [5, 5.41) is 6.75. The molecule has 3 fully saturated rings. The highest BCUT2D eigenvalue weighted by molar-refractivity contribution is 7.94. The molecular formula is C27H35FN4O6S. The van der Waals surface area contributed by atoms with Gasteiger partial charge in [-0.15, -0.1) is 0 Å². The lowest BCUT2D eigenvalue weighted by Crippen LogP contribution is -2.53. The molecule has 212 valence electrons. The highest BCUT2D eigenvalue weighted by atomic mass is 32.2. The van der Waals surface area contributed by atoms with Crippen LogP contribution in [0.1, 0.15) is 50.6 Å². The maximum Gasteiger partial charge on any atom is 0.250 e. The van der Waals surface area contributed by atoms with Crippen molar-refractivity contribution >= 4 is 33.5 Å². The SMILES string of the molecule is CC(=O)N[C@@H](C(=O)N1C[C@H]2CCC[C@H]2[C@H]1C(=O)N[C@@H](/C=C(\F)S(C)(=O)=O)C[C@@H]1CCNC1=O)c1ccccc1. The minimum Gasteiger partial charge on any atom is -0.356 e. The zero-order valence-corrected chi connectivity index (χ0v) is 22.9. The number of hydrogen-bond acceptors (Lipinski definition) is 6. The van der Waals surface area contributed by atoms with E-state index in [1.54, 1.807) is 30.3 Å². The van der Waals surface area contributed by atoms with Crippen molar-refractivity contribution < 1.29 is 32.0 Å². The van der Waals surface area contributed by atoms with Gasteiger partial charge in [0.05, 0.1) is 6.04 Å². The van der Waals surface area contributed by atoms with E-state index >= 15 is 0 Å². The number of nitrogens with one attached hydrogen (secondary N) is 3. The minimum absolute atomic E-state index is 0.0216. The van der Waals surface area contributed by atoms with Crippen LogP contribution in [-0.2, 0) is 29.0 Å². The molecule has 3 aliphatic rings. The van der Waals surface area contributed by atoms with Crippen LogP contribution in [0.3, 0.4) is 0 Å². The number of nitrogens with zero attached hydrogens (tertiary/aromatic N) is 1. The average molecular weight is 563 g/mol. The smallest absolute Gasteiger partial charge is 0.250 e. The van der Waals surface area contributed by atoms with Gasteiger partial charge in [-0.25, -0.2) is 8.42 Å². The third kappa shape index (κ3) is 6.66. The van der Waals surface area contributed by atoms with Gasteiger partial charge >= 0.3 is 0 Å². The fourth-order valence-electron chi connectivity index (χ4n) is 6.07. The van der Waals surface area contributed by atoms with Crippen LogP contribution < -0.4 is 16.0 Å².